The molecule has 1 aliphatic heterocycles. The number of hydrogen-bond acceptors (Lipinski definition) is 12. The molecule has 2 aromatic rings. The van der Waals surface area contributed by atoms with Crippen molar-refractivity contribution in [3.05, 3.63) is 34.6 Å². The van der Waals surface area contributed by atoms with Crippen molar-refractivity contribution in [3.8, 4) is 11.6 Å². The number of hydrogen-bond donors (Lipinski definition) is 1. The number of rotatable bonds is 8. The lowest BCUT2D eigenvalue weighted by Gasteiger charge is -2.31. The van der Waals surface area contributed by atoms with E-state index >= 15 is 0 Å². The summed E-state index contributed by atoms with van der Waals surface area (Å²) in [6.45, 7) is 4.07. The highest BCUT2D eigenvalue weighted by molar-refractivity contribution is 7.91. The van der Waals surface area contributed by atoms with E-state index < -0.39 is 26.6 Å². The van der Waals surface area contributed by atoms with Gasteiger partial charge in [0.05, 0.1) is 27.9 Å². The summed E-state index contributed by atoms with van der Waals surface area (Å²) >= 11 is 0. The summed E-state index contributed by atoms with van der Waals surface area (Å²) in [5, 5.41) is 11.9. The second-order valence-electron chi connectivity index (χ2n) is 7.30. The van der Waals surface area contributed by atoms with Crippen LogP contribution in [0.1, 0.15) is 26.7 Å². The van der Waals surface area contributed by atoms with Gasteiger partial charge in [-0.3, -0.25) is 10.1 Å². The Hall–Kier alpha value is -3.68. The molecule has 1 aliphatic rings. The minimum absolute atomic E-state index is 0.0130. The summed E-state index contributed by atoms with van der Waals surface area (Å²) in [6, 6.07) is 3.87. The molecular weight excluding hydrogens is 470 g/mol. The molecule has 14 heteroatoms. The van der Waals surface area contributed by atoms with Crippen LogP contribution in [0.15, 0.2) is 29.4 Å². The summed E-state index contributed by atoms with van der Waals surface area (Å²) in [7, 11) is -3.48. The first-order chi connectivity index (χ1) is 16.2. The number of nitrogens with zero attached hydrogens (tertiary/aromatic N) is 4. The number of nitrogens with two attached hydrogens (primary N) is 1. The summed E-state index contributed by atoms with van der Waals surface area (Å²) in [4.78, 5) is 32.4. The number of benzene rings is 1. The Balaban J connectivity index is 1.82. The van der Waals surface area contributed by atoms with Crippen molar-refractivity contribution in [2.24, 2.45) is 0 Å². The van der Waals surface area contributed by atoms with Crippen LogP contribution >= 0.6 is 0 Å². The molecule has 0 saturated carbocycles. The minimum Gasteiger partial charge on any atom is -0.435 e. The van der Waals surface area contributed by atoms with E-state index in [0.29, 0.717) is 25.9 Å². The van der Waals surface area contributed by atoms with E-state index in [4.69, 9.17) is 19.9 Å². The van der Waals surface area contributed by atoms with Crippen molar-refractivity contribution >= 4 is 33.2 Å². The number of piperidine rings is 1. The first-order valence-electron chi connectivity index (χ1n) is 10.5. The Morgan fingerprint density at radius 1 is 1.26 bits per heavy atom. The molecule has 2 N–H and O–H groups in total. The monoisotopic (exact) mass is 495 g/mol. The average molecular weight is 496 g/mol. The molecule has 0 amide bonds. The van der Waals surface area contributed by atoms with E-state index in [-0.39, 0.29) is 46.5 Å². The fourth-order valence-electron chi connectivity index (χ4n) is 3.38. The third-order valence-corrected chi connectivity index (χ3v) is 6.88. The van der Waals surface area contributed by atoms with Crippen LogP contribution in [-0.4, -0.2) is 61.0 Å². The molecule has 3 rings (SSSR count). The van der Waals surface area contributed by atoms with Crippen LogP contribution < -0.4 is 15.4 Å². The average Bonchev–Trinajstić information content (AvgIpc) is 2.80. The molecule has 1 aromatic heterocycles. The van der Waals surface area contributed by atoms with E-state index in [0.717, 1.165) is 6.33 Å². The van der Waals surface area contributed by atoms with Crippen molar-refractivity contribution in [2.45, 2.75) is 37.7 Å². The van der Waals surface area contributed by atoms with E-state index in [1.54, 1.807) is 11.8 Å². The normalized spacial score (nSPS) is 14.5. The second kappa shape index (κ2) is 10.5. The molecule has 0 unspecified atom stereocenters. The third-order valence-electron chi connectivity index (χ3n) is 5.15. The topological polar surface area (TPSA) is 177 Å². The molecule has 13 nitrogen and oxygen atoms in total. The number of nitrogen functional groups attached to an aromatic ring is 1. The lowest BCUT2D eigenvalue weighted by atomic mass is 10.1. The lowest BCUT2D eigenvalue weighted by Crippen LogP contribution is -2.38. The molecule has 34 heavy (non-hydrogen) atoms. The number of carbonyl (C=O) groups excluding carboxylic acids is 1. The Bertz CT molecular complexity index is 1170. The van der Waals surface area contributed by atoms with E-state index in [1.165, 1.54) is 25.1 Å². The predicted molar refractivity (Wildman–Crippen MR) is 121 cm³/mol. The van der Waals surface area contributed by atoms with Crippen molar-refractivity contribution in [3.63, 3.8) is 0 Å². The van der Waals surface area contributed by atoms with Crippen LogP contribution in [0.5, 0.6) is 11.6 Å². The minimum atomic E-state index is -3.48. The van der Waals surface area contributed by atoms with E-state index in [2.05, 4.69) is 9.97 Å². The molecule has 1 saturated heterocycles. The standard InChI is InChI=1S/C20H25N5O8S/c1-3-31-20(26)32-13-7-9-24(10-8-13)18-17(25(27)28)19(23-12-22-18)33-16-6-5-14(11-15(16)21)34(29,30)4-2/h5-6,11-13H,3-4,7-10,21H2,1-2H3. The van der Waals surface area contributed by atoms with Gasteiger partial charge in [-0.1, -0.05) is 6.92 Å². The molecule has 2 heterocycles. The van der Waals surface area contributed by atoms with Gasteiger partial charge in [0.2, 0.25) is 5.82 Å². The number of ether oxygens (including phenoxy) is 3. The quantitative estimate of drug-likeness (QED) is 0.245. The van der Waals surface area contributed by atoms with Crippen LogP contribution in [0.3, 0.4) is 0 Å². The number of aromatic nitrogens is 2. The first-order valence-corrected chi connectivity index (χ1v) is 12.2. The van der Waals surface area contributed by atoms with Gasteiger partial charge < -0.3 is 24.8 Å². The molecule has 184 valence electrons. The maximum Gasteiger partial charge on any atom is 0.508 e. The van der Waals surface area contributed by atoms with Gasteiger partial charge in [0, 0.05) is 25.9 Å². The van der Waals surface area contributed by atoms with Crippen molar-refractivity contribution in [2.75, 3.05) is 36.1 Å². The molecule has 1 aromatic carbocycles. The van der Waals surface area contributed by atoms with Crippen LogP contribution in [0, 0.1) is 10.1 Å². The Morgan fingerprint density at radius 2 is 1.97 bits per heavy atom. The fraction of sp³-hybridized carbons (Fsp3) is 0.450. The van der Waals surface area contributed by atoms with Crippen LogP contribution in [-0.2, 0) is 19.3 Å². The van der Waals surface area contributed by atoms with Gasteiger partial charge in [0.1, 0.15) is 12.4 Å². The van der Waals surface area contributed by atoms with Crippen molar-refractivity contribution < 1.29 is 32.3 Å². The Kier molecular flexibility index (Phi) is 7.71. The summed E-state index contributed by atoms with van der Waals surface area (Å²) in [5.41, 5.74) is 5.47. The number of nitro groups is 1. The van der Waals surface area contributed by atoms with Gasteiger partial charge in [-0.05, 0) is 25.1 Å². The zero-order valence-corrected chi connectivity index (χ0v) is 19.5. The second-order valence-corrected chi connectivity index (χ2v) is 9.58. The highest BCUT2D eigenvalue weighted by atomic mass is 32.2. The predicted octanol–water partition coefficient (Wildman–Crippen LogP) is 2.69. The highest BCUT2D eigenvalue weighted by Gasteiger charge is 2.32. The largest absolute Gasteiger partial charge is 0.508 e. The smallest absolute Gasteiger partial charge is 0.435 e. The maximum atomic E-state index is 12.1. The van der Waals surface area contributed by atoms with Gasteiger partial charge in [-0.25, -0.2) is 18.2 Å². The SMILES string of the molecule is CCOC(=O)OC1CCN(c2ncnc(Oc3ccc(S(=O)(=O)CC)cc3N)c2[N+](=O)[O-])CC1. The van der Waals surface area contributed by atoms with Gasteiger partial charge >= 0.3 is 17.7 Å². The molecule has 0 radical (unpaired) electrons. The summed E-state index contributed by atoms with van der Waals surface area (Å²) in [6.07, 6.45) is 0.863. The maximum absolute atomic E-state index is 12.1. The Labute approximate surface area is 195 Å². The Morgan fingerprint density at radius 3 is 2.56 bits per heavy atom. The number of carbonyl (C=O) groups is 1. The lowest BCUT2D eigenvalue weighted by molar-refractivity contribution is -0.385. The molecular formula is C20H25N5O8S. The summed E-state index contributed by atoms with van der Waals surface area (Å²) < 4.78 is 39.7. The van der Waals surface area contributed by atoms with Gasteiger partial charge in [0.15, 0.2) is 15.6 Å². The fourth-order valence-corrected chi connectivity index (χ4v) is 4.29. The molecule has 0 bridgehead atoms. The first kappa shape index (κ1) is 25.0. The molecule has 1 fully saturated rings. The molecule has 0 spiro atoms. The van der Waals surface area contributed by atoms with Crippen LogP contribution in [0.4, 0.5) is 22.0 Å². The number of sulfone groups is 1. The van der Waals surface area contributed by atoms with Crippen molar-refractivity contribution in [1.82, 2.24) is 9.97 Å². The zero-order chi connectivity index (χ0) is 24.9. The van der Waals surface area contributed by atoms with Crippen molar-refractivity contribution in [1.29, 1.82) is 0 Å². The van der Waals surface area contributed by atoms with E-state index in [9.17, 15) is 23.3 Å². The van der Waals surface area contributed by atoms with E-state index in [1.807, 2.05) is 0 Å². The molecule has 0 aliphatic carbocycles. The highest BCUT2D eigenvalue weighted by Crippen LogP contribution is 2.39. The van der Waals surface area contributed by atoms with Gasteiger partial charge in [0.25, 0.3) is 0 Å². The summed E-state index contributed by atoms with van der Waals surface area (Å²) in [5.74, 6) is -0.370. The van der Waals surface area contributed by atoms with Crippen LogP contribution in [0.25, 0.3) is 0 Å². The number of anilines is 2. The zero-order valence-electron chi connectivity index (χ0n) is 18.7. The molecule has 0 atom stereocenters. The third kappa shape index (κ3) is 5.62. The van der Waals surface area contributed by atoms with Gasteiger partial charge in [-0.15, -0.1) is 0 Å². The van der Waals surface area contributed by atoms with Gasteiger partial charge in [-0.2, -0.15) is 4.98 Å². The van der Waals surface area contributed by atoms with Crippen LogP contribution in [0.2, 0.25) is 0 Å².